The molecule has 4 rings (SSSR count). The molecule has 170 valence electrons. The summed E-state index contributed by atoms with van der Waals surface area (Å²) in [6.07, 6.45) is 20.6. The molecule has 0 aromatic heterocycles. The largest absolute Gasteiger partial charge is 0.0887 e. The molecule has 0 spiro atoms. The van der Waals surface area contributed by atoms with Crippen molar-refractivity contribution in [1.29, 1.82) is 0 Å². The topological polar surface area (TPSA) is 0 Å². The van der Waals surface area contributed by atoms with Crippen molar-refractivity contribution in [2.75, 3.05) is 0 Å². The van der Waals surface area contributed by atoms with E-state index in [0.717, 1.165) is 46.3 Å². The van der Waals surface area contributed by atoms with Crippen LogP contribution in [0, 0.1) is 52.3 Å². The van der Waals surface area contributed by atoms with Crippen molar-refractivity contribution >= 4 is 15.9 Å². The molecule has 0 aromatic rings. The van der Waals surface area contributed by atoms with Crippen LogP contribution >= 0.6 is 15.9 Å². The minimum Gasteiger partial charge on any atom is -0.0887 e. The predicted octanol–water partition coefficient (Wildman–Crippen LogP) is 9.20. The zero-order valence-electron chi connectivity index (χ0n) is 20.6. The van der Waals surface area contributed by atoms with E-state index in [2.05, 4.69) is 75.7 Å². The number of allylic oxidation sites excluding steroid dienone is 4. The lowest BCUT2D eigenvalue weighted by atomic mass is 9.47. The van der Waals surface area contributed by atoms with Crippen molar-refractivity contribution in [2.45, 2.75) is 104 Å². The van der Waals surface area contributed by atoms with Gasteiger partial charge in [-0.2, -0.15) is 0 Å². The zero-order chi connectivity index (χ0) is 21.7. The summed E-state index contributed by atoms with van der Waals surface area (Å²) >= 11 is 3.93. The van der Waals surface area contributed by atoms with Gasteiger partial charge in [0.25, 0.3) is 0 Å². The first-order valence-electron chi connectivity index (χ1n) is 13.2. The summed E-state index contributed by atoms with van der Waals surface area (Å²) in [6.45, 7) is 15.0. The Hall–Kier alpha value is -0.0400. The third-order valence-corrected chi connectivity index (χ3v) is 11.5. The van der Waals surface area contributed by atoms with Gasteiger partial charge < -0.3 is 0 Å². The van der Waals surface area contributed by atoms with Crippen LogP contribution in [0.15, 0.2) is 23.8 Å². The van der Waals surface area contributed by atoms with Gasteiger partial charge in [-0.1, -0.05) is 81.3 Å². The maximum Gasteiger partial charge on any atom is 0.0183 e. The highest BCUT2D eigenvalue weighted by Crippen LogP contribution is 2.67. The number of hydrogen-bond donors (Lipinski definition) is 0. The minimum absolute atomic E-state index is 0.504. The fraction of sp³-hybridized carbons (Fsp3) is 0.862. The molecule has 4 aliphatic rings. The van der Waals surface area contributed by atoms with Crippen LogP contribution in [-0.4, -0.2) is 4.83 Å². The second kappa shape index (κ2) is 8.72. The SMILES string of the molecule is CC[C@H](/C=C/[C@@H](C)[C@H]1CC[C@H]2[C@@H]3CC=C4C[C@H](Br)CC[C@]4(C)[C@H]3CC[C@]12C)C(C)C. The first kappa shape index (κ1) is 23.1. The molecule has 0 N–H and O–H groups in total. The molecule has 0 bridgehead atoms. The molecule has 1 heteroatoms. The van der Waals surface area contributed by atoms with Gasteiger partial charge in [0.1, 0.15) is 0 Å². The summed E-state index contributed by atoms with van der Waals surface area (Å²) in [5, 5.41) is 0. The molecule has 0 heterocycles. The molecule has 0 nitrogen and oxygen atoms in total. The van der Waals surface area contributed by atoms with Crippen molar-refractivity contribution in [3.8, 4) is 0 Å². The van der Waals surface area contributed by atoms with Crippen LogP contribution in [0.5, 0.6) is 0 Å². The van der Waals surface area contributed by atoms with Crippen molar-refractivity contribution in [3.05, 3.63) is 23.8 Å². The summed E-state index contributed by atoms with van der Waals surface area (Å²) in [5.74, 6) is 5.99. The van der Waals surface area contributed by atoms with Crippen LogP contribution in [0.1, 0.15) is 99.3 Å². The quantitative estimate of drug-likeness (QED) is 0.275. The summed E-state index contributed by atoms with van der Waals surface area (Å²) in [5.41, 5.74) is 2.88. The molecule has 0 saturated heterocycles. The lowest BCUT2D eigenvalue weighted by molar-refractivity contribution is -0.0458. The Balaban J connectivity index is 1.52. The van der Waals surface area contributed by atoms with Gasteiger partial charge in [0, 0.05) is 4.83 Å². The van der Waals surface area contributed by atoms with E-state index in [9.17, 15) is 0 Å². The predicted molar refractivity (Wildman–Crippen MR) is 135 cm³/mol. The van der Waals surface area contributed by atoms with E-state index in [0.29, 0.717) is 10.8 Å². The van der Waals surface area contributed by atoms with Gasteiger partial charge in [-0.15, -0.1) is 0 Å². The fourth-order valence-corrected chi connectivity index (χ4v) is 9.38. The van der Waals surface area contributed by atoms with Gasteiger partial charge in [0.05, 0.1) is 0 Å². The molecule has 0 radical (unpaired) electrons. The number of alkyl halides is 1. The van der Waals surface area contributed by atoms with Crippen molar-refractivity contribution in [3.63, 3.8) is 0 Å². The number of fused-ring (bicyclic) bond motifs is 5. The molecule has 4 aliphatic carbocycles. The summed E-state index contributed by atoms with van der Waals surface area (Å²) < 4.78 is 0. The Labute approximate surface area is 195 Å². The van der Waals surface area contributed by atoms with E-state index in [1.54, 1.807) is 0 Å². The highest BCUT2D eigenvalue weighted by molar-refractivity contribution is 9.09. The fourth-order valence-electron chi connectivity index (χ4n) is 8.80. The zero-order valence-corrected chi connectivity index (χ0v) is 22.2. The lowest BCUT2D eigenvalue weighted by Crippen LogP contribution is -2.50. The first-order chi connectivity index (χ1) is 14.2. The number of halogens is 1. The van der Waals surface area contributed by atoms with E-state index in [1.807, 2.05) is 5.57 Å². The minimum atomic E-state index is 0.504. The van der Waals surface area contributed by atoms with Gasteiger partial charge in [-0.05, 0) is 110 Å². The van der Waals surface area contributed by atoms with Crippen molar-refractivity contribution in [2.24, 2.45) is 52.3 Å². The van der Waals surface area contributed by atoms with Gasteiger partial charge in [0.2, 0.25) is 0 Å². The smallest absolute Gasteiger partial charge is 0.0183 e. The Morgan fingerprint density at radius 1 is 1.03 bits per heavy atom. The van der Waals surface area contributed by atoms with Gasteiger partial charge in [-0.25, -0.2) is 0 Å². The maximum atomic E-state index is 3.93. The molecule has 0 amide bonds. The van der Waals surface area contributed by atoms with Gasteiger partial charge >= 0.3 is 0 Å². The van der Waals surface area contributed by atoms with Crippen LogP contribution < -0.4 is 0 Å². The molecule has 0 aliphatic heterocycles. The maximum absolute atomic E-state index is 3.93. The Morgan fingerprint density at radius 2 is 1.80 bits per heavy atom. The second-order valence-electron chi connectivity index (χ2n) is 12.4. The molecular weight excluding hydrogens is 428 g/mol. The Bertz CT molecular complexity index is 674. The van der Waals surface area contributed by atoms with E-state index in [1.165, 1.54) is 57.8 Å². The van der Waals surface area contributed by atoms with E-state index < -0.39 is 0 Å². The van der Waals surface area contributed by atoms with Crippen molar-refractivity contribution in [1.82, 2.24) is 0 Å². The molecule has 0 unspecified atom stereocenters. The van der Waals surface area contributed by atoms with Crippen molar-refractivity contribution < 1.29 is 0 Å². The van der Waals surface area contributed by atoms with Crippen LogP contribution in [0.4, 0.5) is 0 Å². The van der Waals surface area contributed by atoms with Gasteiger partial charge in [-0.3, -0.25) is 0 Å². The number of hydrogen-bond acceptors (Lipinski definition) is 0. The molecule has 0 aromatic carbocycles. The molecule has 9 atom stereocenters. The lowest BCUT2D eigenvalue weighted by Gasteiger charge is -2.58. The average molecular weight is 476 g/mol. The Morgan fingerprint density at radius 3 is 2.50 bits per heavy atom. The summed E-state index contributed by atoms with van der Waals surface area (Å²) in [7, 11) is 0. The van der Waals surface area contributed by atoms with Crippen LogP contribution in [0.25, 0.3) is 0 Å². The highest BCUT2D eigenvalue weighted by Gasteiger charge is 2.58. The molecule has 3 saturated carbocycles. The second-order valence-corrected chi connectivity index (χ2v) is 13.7. The van der Waals surface area contributed by atoms with Gasteiger partial charge in [0.15, 0.2) is 0 Å². The van der Waals surface area contributed by atoms with E-state index >= 15 is 0 Å². The molecule has 3 fully saturated rings. The molecule has 30 heavy (non-hydrogen) atoms. The molecular formula is C29H47Br. The van der Waals surface area contributed by atoms with Crippen LogP contribution in [-0.2, 0) is 0 Å². The third kappa shape index (κ3) is 3.82. The van der Waals surface area contributed by atoms with Crippen LogP contribution in [0.3, 0.4) is 0 Å². The first-order valence-corrected chi connectivity index (χ1v) is 14.1. The monoisotopic (exact) mass is 474 g/mol. The Kier molecular flexibility index (Phi) is 6.72. The van der Waals surface area contributed by atoms with Crippen LogP contribution in [0.2, 0.25) is 0 Å². The average Bonchev–Trinajstić information content (AvgIpc) is 3.06. The summed E-state index contributed by atoms with van der Waals surface area (Å²) in [6, 6.07) is 0. The normalized spacial score (nSPS) is 45.6. The van der Waals surface area contributed by atoms with E-state index in [-0.39, 0.29) is 0 Å². The summed E-state index contributed by atoms with van der Waals surface area (Å²) in [4.78, 5) is 0.725. The third-order valence-electron chi connectivity index (χ3n) is 10.7. The van der Waals surface area contributed by atoms with E-state index in [4.69, 9.17) is 0 Å². The standard InChI is InChI=1S/C29H47Br/c1-7-21(19(2)3)9-8-20(4)25-12-13-26-24-11-10-22-18-23(30)14-16-28(22,5)27(24)15-17-29(25,26)6/h8-10,19-21,23-27H,7,11-18H2,1-6H3/b9-8+/t20-,21-,23-,24+,25-,26+,27+,28+,29-/m1/s1. The number of rotatable bonds is 5. The highest BCUT2D eigenvalue weighted by atomic mass is 79.9.